The zero-order chi connectivity index (χ0) is 17.7. The van der Waals surface area contributed by atoms with Gasteiger partial charge < -0.3 is 10.2 Å². The van der Waals surface area contributed by atoms with Crippen LogP contribution in [0.1, 0.15) is 31.7 Å². The van der Waals surface area contributed by atoms with Crippen LogP contribution < -0.4 is 5.32 Å². The minimum Gasteiger partial charge on any atom is -0.327 e. The van der Waals surface area contributed by atoms with E-state index in [1.807, 2.05) is 39.0 Å². The van der Waals surface area contributed by atoms with E-state index < -0.39 is 10.9 Å². The molecule has 1 atom stereocenters. The van der Waals surface area contributed by atoms with Gasteiger partial charge in [0.1, 0.15) is 11.9 Å². The van der Waals surface area contributed by atoms with E-state index in [0.29, 0.717) is 10.7 Å². The summed E-state index contributed by atoms with van der Waals surface area (Å²) >= 11 is 7.68. The number of nitrogens with zero attached hydrogens (tertiary/aromatic N) is 2. The van der Waals surface area contributed by atoms with Gasteiger partial charge in [-0.1, -0.05) is 30.3 Å². The molecular weight excluding hydrogens is 346 g/mol. The first-order chi connectivity index (χ1) is 11.3. The Balaban J connectivity index is 2.13. The Labute approximate surface area is 150 Å². The van der Waals surface area contributed by atoms with Crippen molar-refractivity contribution in [2.75, 3.05) is 11.9 Å². The molecule has 2 rings (SSSR count). The first kappa shape index (κ1) is 18.4. The van der Waals surface area contributed by atoms with Crippen molar-refractivity contribution in [3.63, 3.8) is 0 Å². The summed E-state index contributed by atoms with van der Waals surface area (Å²) in [7, 11) is 0. The number of hydrogen-bond acceptors (Lipinski definition) is 4. The molecule has 0 saturated heterocycles. The molecular formula is C17H20ClN3O2S. The quantitative estimate of drug-likeness (QED) is 0.822. The zero-order valence-corrected chi connectivity index (χ0v) is 15.4. The third-order valence-corrected chi connectivity index (χ3v) is 4.49. The van der Waals surface area contributed by atoms with Crippen molar-refractivity contribution in [2.24, 2.45) is 0 Å². The second-order valence-electron chi connectivity index (χ2n) is 6.25. The van der Waals surface area contributed by atoms with Crippen LogP contribution in [0.2, 0.25) is 0 Å². The lowest BCUT2D eigenvalue weighted by Gasteiger charge is -2.36. The number of nitrogens with one attached hydrogen (secondary N) is 1. The Bertz CT molecular complexity index is 684. The fourth-order valence-corrected chi connectivity index (χ4v) is 2.94. The number of carbonyl (C=O) groups is 2. The van der Waals surface area contributed by atoms with Gasteiger partial charge in [0.15, 0.2) is 5.13 Å². The summed E-state index contributed by atoms with van der Waals surface area (Å²) in [6.45, 7) is 5.53. The molecule has 1 aromatic carbocycles. The summed E-state index contributed by atoms with van der Waals surface area (Å²) in [5, 5.41) is 4.13. The number of amides is 2. The largest absolute Gasteiger partial charge is 0.327 e. The summed E-state index contributed by atoms with van der Waals surface area (Å²) in [5.41, 5.74) is 0.165. The van der Waals surface area contributed by atoms with Gasteiger partial charge >= 0.3 is 0 Å². The van der Waals surface area contributed by atoms with Crippen molar-refractivity contribution in [1.29, 1.82) is 0 Å². The minimum absolute atomic E-state index is 0.0854. The van der Waals surface area contributed by atoms with E-state index in [9.17, 15) is 9.59 Å². The van der Waals surface area contributed by atoms with E-state index in [1.165, 1.54) is 16.2 Å². The molecule has 1 aromatic heterocycles. The monoisotopic (exact) mass is 365 g/mol. The van der Waals surface area contributed by atoms with Crippen molar-refractivity contribution in [3.05, 3.63) is 47.5 Å². The normalized spacial score (nSPS) is 12.5. The number of halogens is 1. The Morgan fingerprint density at radius 2 is 1.96 bits per heavy atom. The molecule has 0 spiro atoms. The second kappa shape index (κ2) is 7.77. The molecule has 0 aliphatic heterocycles. The number of benzene rings is 1. The van der Waals surface area contributed by atoms with Gasteiger partial charge in [0.05, 0.1) is 0 Å². The molecule has 7 heteroatoms. The van der Waals surface area contributed by atoms with Gasteiger partial charge in [0.25, 0.3) is 0 Å². The Morgan fingerprint density at radius 1 is 1.29 bits per heavy atom. The van der Waals surface area contributed by atoms with Crippen LogP contribution in [-0.2, 0) is 9.59 Å². The zero-order valence-electron chi connectivity index (χ0n) is 13.8. The van der Waals surface area contributed by atoms with E-state index in [4.69, 9.17) is 11.6 Å². The van der Waals surface area contributed by atoms with Gasteiger partial charge in [-0.25, -0.2) is 4.98 Å². The van der Waals surface area contributed by atoms with E-state index in [0.717, 1.165) is 0 Å². The maximum atomic E-state index is 12.8. The maximum absolute atomic E-state index is 12.8. The fraction of sp³-hybridized carbons (Fsp3) is 0.353. The van der Waals surface area contributed by atoms with Crippen molar-refractivity contribution >= 4 is 39.9 Å². The lowest BCUT2D eigenvalue weighted by molar-refractivity contribution is -0.139. The Morgan fingerprint density at radius 3 is 2.50 bits per heavy atom. The van der Waals surface area contributed by atoms with Crippen molar-refractivity contribution in [2.45, 2.75) is 31.7 Å². The molecule has 1 N–H and O–H groups in total. The molecule has 2 amide bonds. The van der Waals surface area contributed by atoms with Gasteiger partial charge in [0.2, 0.25) is 11.8 Å². The average Bonchev–Trinajstić information content (AvgIpc) is 3.04. The van der Waals surface area contributed by atoms with Crippen LogP contribution in [0.4, 0.5) is 5.13 Å². The number of thiazole rings is 1. The molecule has 5 nitrogen and oxygen atoms in total. The highest BCUT2D eigenvalue weighted by Crippen LogP contribution is 2.26. The maximum Gasteiger partial charge on any atom is 0.246 e. The number of rotatable bonds is 5. The SMILES string of the molecule is CC(C)(C)N(CC(=O)Nc1nccs1)C(=O)[C@H](Cl)c1ccccc1. The topological polar surface area (TPSA) is 62.3 Å². The lowest BCUT2D eigenvalue weighted by Crippen LogP contribution is -2.50. The summed E-state index contributed by atoms with van der Waals surface area (Å²) in [5.74, 6) is -0.602. The molecule has 128 valence electrons. The summed E-state index contributed by atoms with van der Waals surface area (Å²) in [6.07, 6.45) is 1.61. The molecule has 0 unspecified atom stereocenters. The third-order valence-electron chi connectivity index (χ3n) is 3.37. The minimum atomic E-state index is -0.835. The van der Waals surface area contributed by atoms with Crippen LogP contribution in [0.15, 0.2) is 41.9 Å². The average molecular weight is 366 g/mol. The van der Waals surface area contributed by atoms with Gasteiger partial charge in [0, 0.05) is 17.1 Å². The number of aromatic nitrogens is 1. The smallest absolute Gasteiger partial charge is 0.246 e. The molecule has 0 saturated carbocycles. The van der Waals surface area contributed by atoms with Crippen LogP contribution >= 0.6 is 22.9 Å². The summed E-state index contributed by atoms with van der Waals surface area (Å²) in [4.78, 5) is 30.6. The van der Waals surface area contributed by atoms with Crippen LogP contribution in [-0.4, -0.2) is 33.8 Å². The van der Waals surface area contributed by atoms with Crippen molar-refractivity contribution in [1.82, 2.24) is 9.88 Å². The van der Waals surface area contributed by atoms with Gasteiger partial charge in [-0.3, -0.25) is 9.59 Å². The molecule has 0 aliphatic carbocycles. The van der Waals surface area contributed by atoms with Crippen LogP contribution in [0.3, 0.4) is 0 Å². The molecule has 2 aromatic rings. The molecule has 24 heavy (non-hydrogen) atoms. The van der Waals surface area contributed by atoms with Crippen molar-refractivity contribution in [3.8, 4) is 0 Å². The summed E-state index contributed by atoms with van der Waals surface area (Å²) in [6, 6.07) is 9.11. The highest BCUT2D eigenvalue weighted by molar-refractivity contribution is 7.13. The fourth-order valence-electron chi connectivity index (χ4n) is 2.13. The van der Waals surface area contributed by atoms with Crippen LogP contribution in [0.25, 0.3) is 0 Å². The second-order valence-corrected chi connectivity index (χ2v) is 7.58. The molecule has 1 heterocycles. The van der Waals surface area contributed by atoms with E-state index in [2.05, 4.69) is 10.3 Å². The Hall–Kier alpha value is -1.92. The standard InChI is InChI=1S/C17H20ClN3O2S/c1-17(2,3)21(11-13(22)20-16-19-9-10-24-16)15(23)14(18)12-7-5-4-6-8-12/h4-10,14H,11H2,1-3H3,(H,19,20,22)/t14-/m1/s1. The predicted molar refractivity (Wildman–Crippen MR) is 97.2 cm³/mol. The van der Waals surface area contributed by atoms with E-state index in [1.54, 1.807) is 23.7 Å². The van der Waals surface area contributed by atoms with Gasteiger partial charge in [-0.05, 0) is 26.3 Å². The highest BCUT2D eigenvalue weighted by atomic mass is 35.5. The van der Waals surface area contributed by atoms with Crippen molar-refractivity contribution < 1.29 is 9.59 Å². The molecule has 0 aliphatic rings. The number of carbonyl (C=O) groups excluding carboxylic acids is 2. The van der Waals surface area contributed by atoms with E-state index in [-0.39, 0.29) is 18.4 Å². The number of anilines is 1. The number of hydrogen-bond donors (Lipinski definition) is 1. The molecule has 0 radical (unpaired) electrons. The first-order valence-corrected chi connectivity index (χ1v) is 8.80. The van der Waals surface area contributed by atoms with Crippen LogP contribution in [0, 0.1) is 0 Å². The Kier molecular flexibility index (Phi) is 5.96. The molecule has 0 fully saturated rings. The van der Waals surface area contributed by atoms with Gasteiger partial charge in [-0.15, -0.1) is 22.9 Å². The van der Waals surface area contributed by atoms with Gasteiger partial charge in [-0.2, -0.15) is 0 Å². The number of alkyl halides is 1. The third kappa shape index (κ3) is 4.79. The predicted octanol–water partition coefficient (Wildman–Crippen LogP) is 3.69. The molecule has 0 bridgehead atoms. The summed E-state index contributed by atoms with van der Waals surface area (Å²) < 4.78 is 0. The van der Waals surface area contributed by atoms with Crippen LogP contribution in [0.5, 0.6) is 0 Å². The highest BCUT2D eigenvalue weighted by Gasteiger charge is 2.33. The lowest BCUT2D eigenvalue weighted by atomic mass is 10.0. The van der Waals surface area contributed by atoms with E-state index >= 15 is 0 Å². The first-order valence-electron chi connectivity index (χ1n) is 7.49.